The van der Waals surface area contributed by atoms with Gasteiger partial charge in [0.15, 0.2) is 0 Å². The molecule has 0 aromatic heterocycles. The summed E-state index contributed by atoms with van der Waals surface area (Å²) in [4.78, 5) is 0. The second-order valence-electron chi connectivity index (χ2n) is 6.22. The van der Waals surface area contributed by atoms with Gasteiger partial charge in [-0.25, -0.2) is 0 Å². The van der Waals surface area contributed by atoms with Gasteiger partial charge < -0.3 is 24.8 Å². The van der Waals surface area contributed by atoms with E-state index in [1.165, 1.54) is 12.8 Å². The van der Waals surface area contributed by atoms with Crippen LogP contribution in [0, 0.1) is 0 Å². The maximum atomic E-state index is 5.75. The Bertz CT molecular complexity index is 246. The van der Waals surface area contributed by atoms with Crippen LogP contribution in [-0.2, 0) is 14.2 Å². The molecule has 0 aliphatic carbocycles. The van der Waals surface area contributed by atoms with Crippen molar-refractivity contribution in [1.29, 1.82) is 0 Å². The van der Waals surface area contributed by atoms with Crippen molar-refractivity contribution in [3.05, 3.63) is 0 Å². The lowest BCUT2D eigenvalue weighted by Crippen LogP contribution is -2.44. The molecule has 2 unspecified atom stereocenters. The lowest BCUT2D eigenvalue weighted by molar-refractivity contribution is -0.0750. The summed E-state index contributed by atoms with van der Waals surface area (Å²) in [5.74, 6) is 0. The summed E-state index contributed by atoms with van der Waals surface area (Å²) in [6.07, 6.45) is 3.72. The summed E-state index contributed by atoms with van der Waals surface area (Å²) in [6, 6.07) is 1.16. The predicted octanol–water partition coefficient (Wildman–Crippen LogP) is 1.56. The van der Waals surface area contributed by atoms with Crippen LogP contribution < -0.4 is 10.6 Å². The van der Waals surface area contributed by atoms with Crippen molar-refractivity contribution in [2.45, 2.75) is 64.3 Å². The molecule has 0 radical (unpaired) electrons. The van der Waals surface area contributed by atoms with Gasteiger partial charge in [0, 0.05) is 25.8 Å². The average Bonchev–Trinajstić information content (AvgIpc) is 2.44. The monoisotopic (exact) mass is 302 g/mol. The minimum atomic E-state index is 0.0303. The summed E-state index contributed by atoms with van der Waals surface area (Å²) in [5, 5.41) is 7.08. The van der Waals surface area contributed by atoms with Crippen LogP contribution in [0.1, 0.15) is 40.0 Å². The quantitative estimate of drug-likeness (QED) is 0.567. The lowest BCUT2D eigenvalue weighted by atomic mass is 10.1. The van der Waals surface area contributed by atoms with E-state index in [0.29, 0.717) is 25.3 Å². The van der Waals surface area contributed by atoms with Crippen molar-refractivity contribution in [3.8, 4) is 0 Å². The molecule has 1 aliphatic heterocycles. The first-order chi connectivity index (χ1) is 10.1. The Morgan fingerprint density at radius 3 is 2.48 bits per heavy atom. The third kappa shape index (κ3) is 9.42. The van der Waals surface area contributed by atoms with Crippen molar-refractivity contribution in [3.63, 3.8) is 0 Å². The van der Waals surface area contributed by atoms with Gasteiger partial charge in [0.25, 0.3) is 0 Å². The highest BCUT2D eigenvalue weighted by atomic mass is 16.6. The molecule has 0 bridgehead atoms. The molecule has 0 aromatic rings. The Kier molecular flexibility index (Phi) is 10.2. The average molecular weight is 302 g/mol. The molecular formula is C16H34N2O3. The van der Waals surface area contributed by atoms with Crippen molar-refractivity contribution in [2.75, 3.05) is 40.0 Å². The standard InChI is InChI=1S/C16H34N2O3/c1-13(2)21-16(11-19-4)12-20-10-7-14(3)18-15-5-8-17-9-6-15/h13-18H,5-12H2,1-4H3. The number of methoxy groups -OCH3 is 1. The topological polar surface area (TPSA) is 51.8 Å². The van der Waals surface area contributed by atoms with Gasteiger partial charge in [0.2, 0.25) is 0 Å². The largest absolute Gasteiger partial charge is 0.382 e. The molecule has 5 nitrogen and oxygen atoms in total. The van der Waals surface area contributed by atoms with Gasteiger partial charge in [-0.2, -0.15) is 0 Å². The maximum Gasteiger partial charge on any atom is 0.104 e. The Balaban J connectivity index is 2.07. The van der Waals surface area contributed by atoms with Gasteiger partial charge in [-0.3, -0.25) is 0 Å². The molecule has 0 saturated carbocycles. The molecular weight excluding hydrogens is 268 g/mol. The first kappa shape index (κ1) is 18.8. The van der Waals surface area contributed by atoms with E-state index in [-0.39, 0.29) is 12.2 Å². The lowest BCUT2D eigenvalue weighted by Gasteiger charge is -2.27. The van der Waals surface area contributed by atoms with Crippen LogP contribution in [0.25, 0.3) is 0 Å². The number of hydrogen-bond donors (Lipinski definition) is 2. The maximum absolute atomic E-state index is 5.75. The van der Waals surface area contributed by atoms with Crippen molar-refractivity contribution >= 4 is 0 Å². The van der Waals surface area contributed by atoms with E-state index in [1.807, 2.05) is 13.8 Å². The van der Waals surface area contributed by atoms with Crippen LogP contribution in [0.4, 0.5) is 0 Å². The molecule has 0 aromatic carbocycles. The zero-order valence-electron chi connectivity index (χ0n) is 14.2. The number of hydrogen-bond acceptors (Lipinski definition) is 5. The van der Waals surface area contributed by atoms with Gasteiger partial charge in [0.05, 0.1) is 19.3 Å². The fourth-order valence-corrected chi connectivity index (χ4v) is 2.65. The van der Waals surface area contributed by atoms with Gasteiger partial charge in [0.1, 0.15) is 6.10 Å². The van der Waals surface area contributed by atoms with Crippen LogP contribution in [0.2, 0.25) is 0 Å². The van der Waals surface area contributed by atoms with Gasteiger partial charge >= 0.3 is 0 Å². The molecule has 1 heterocycles. The Labute approximate surface area is 130 Å². The number of ether oxygens (including phenoxy) is 3. The minimum Gasteiger partial charge on any atom is -0.382 e. The molecule has 1 saturated heterocycles. The summed E-state index contributed by atoms with van der Waals surface area (Å²) in [6.45, 7) is 10.5. The summed E-state index contributed by atoms with van der Waals surface area (Å²) in [7, 11) is 1.70. The third-order valence-electron chi connectivity index (χ3n) is 3.68. The number of piperidine rings is 1. The van der Waals surface area contributed by atoms with E-state index in [4.69, 9.17) is 14.2 Å². The zero-order chi connectivity index (χ0) is 15.5. The molecule has 5 heteroatoms. The molecule has 1 aliphatic rings. The Morgan fingerprint density at radius 2 is 1.86 bits per heavy atom. The fraction of sp³-hybridized carbons (Fsp3) is 1.00. The molecule has 2 atom stereocenters. The van der Waals surface area contributed by atoms with Crippen LogP contribution in [0.15, 0.2) is 0 Å². The highest BCUT2D eigenvalue weighted by Gasteiger charge is 2.15. The van der Waals surface area contributed by atoms with E-state index in [0.717, 1.165) is 26.1 Å². The van der Waals surface area contributed by atoms with Crippen molar-refractivity contribution < 1.29 is 14.2 Å². The molecule has 21 heavy (non-hydrogen) atoms. The van der Waals surface area contributed by atoms with E-state index in [1.54, 1.807) is 7.11 Å². The first-order valence-corrected chi connectivity index (χ1v) is 8.30. The predicted molar refractivity (Wildman–Crippen MR) is 85.8 cm³/mol. The van der Waals surface area contributed by atoms with E-state index in [9.17, 15) is 0 Å². The second-order valence-corrected chi connectivity index (χ2v) is 6.22. The SMILES string of the molecule is COCC(COCCC(C)NC1CCNCC1)OC(C)C. The van der Waals surface area contributed by atoms with Crippen LogP contribution >= 0.6 is 0 Å². The van der Waals surface area contributed by atoms with Crippen molar-refractivity contribution in [2.24, 2.45) is 0 Å². The summed E-state index contributed by atoms with van der Waals surface area (Å²) in [5.41, 5.74) is 0. The first-order valence-electron chi connectivity index (χ1n) is 8.30. The van der Waals surface area contributed by atoms with Gasteiger partial charge in [-0.1, -0.05) is 0 Å². The molecule has 126 valence electrons. The normalized spacial score (nSPS) is 19.9. The van der Waals surface area contributed by atoms with Crippen LogP contribution in [0.3, 0.4) is 0 Å². The Hall–Kier alpha value is -0.200. The Morgan fingerprint density at radius 1 is 1.14 bits per heavy atom. The van der Waals surface area contributed by atoms with E-state index >= 15 is 0 Å². The van der Waals surface area contributed by atoms with E-state index in [2.05, 4.69) is 17.6 Å². The summed E-state index contributed by atoms with van der Waals surface area (Å²) >= 11 is 0. The zero-order valence-corrected chi connectivity index (χ0v) is 14.2. The molecule has 1 fully saturated rings. The fourth-order valence-electron chi connectivity index (χ4n) is 2.65. The summed E-state index contributed by atoms with van der Waals surface area (Å²) < 4.78 is 16.7. The molecule has 0 spiro atoms. The van der Waals surface area contributed by atoms with Gasteiger partial charge in [-0.05, 0) is 53.1 Å². The highest BCUT2D eigenvalue weighted by molar-refractivity contribution is 4.77. The van der Waals surface area contributed by atoms with Crippen molar-refractivity contribution in [1.82, 2.24) is 10.6 Å². The molecule has 2 N–H and O–H groups in total. The van der Waals surface area contributed by atoms with Crippen LogP contribution in [0.5, 0.6) is 0 Å². The highest BCUT2D eigenvalue weighted by Crippen LogP contribution is 2.05. The number of nitrogens with one attached hydrogen (secondary N) is 2. The smallest absolute Gasteiger partial charge is 0.104 e. The molecule has 0 amide bonds. The number of rotatable bonds is 11. The van der Waals surface area contributed by atoms with E-state index < -0.39 is 0 Å². The van der Waals surface area contributed by atoms with Crippen LogP contribution in [-0.4, -0.2) is 64.3 Å². The third-order valence-corrected chi connectivity index (χ3v) is 3.68. The minimum absolute atomic E-state index is 0.0303. The van der Waals surface area contributed by atoms with Gasteiger partial charge in [-0.15, -0.1) is 0 Å². The second kappa shape index (κ2) is 11.4. The molecule has 1 rings (SSSR count).